The predicted octanol–water partition coefficient (Wildman–Crippen LogP) is 5.43. The Hall–Kier alpha value is -1.27. The fraction of sp³-hybridized carbons (Fsp3) is 0.316. The molecule has 1 saturated heterocycles. The van der Waals surface area contributed by atoms with Gasteiger partial charge in [-0.05, 0) is 83.8 Å². The van der Waals surface area contributed by atoms with E-state index < -0.39 is 0 Å². The number of benzene rings is 2. The normalized spacial score (nSPS) is 15.4. The standard InChI is InChI=1S/C19H20ClIN2O/c1-13-8-10-23(11-9-13)16-5-3-15(4-6-16)22-19(24)17-12-14(21)2-7-18(17)20/h2-7,12-13H,8-11H2,1H3,(H,22,24). The minimum Gasteiger partial charge on any atom is -0.372 e. The summed E-state index contributed by atoms with van der Waals surface area (Å²) in [6.45, 7) is 4.52. The maximum Gasteiger partial charge on any atom is 0.257 e. The Morgan fingerprint density at radius 1 is 1.17 bits per heavy atom. The maximum atomic E-state index is 12.4. The van der Waals surface area contributed by atoms with E-state index in [1.165, 1.54) is 18.5 Å². The summed E-state index contributed by atoms with van der Waals surface area (Å²) in [5.74, 6) is 0.635. The van der Waals surface area contributed by atoms with Crippen LogP contribution in [0.15, 0.2) is 42.5 Å². The zero-order valence-corrected chi connectivity index (χ0v) is 16.5. The Bertz CT molecular complexity index is 725. The van der Waals surface area contributed by atoms with Gasteiger partial charge in [-0.25, -0.2) is 0 Å². The Labute approximate surface area is 161 Å². The molecule has 126 valence electrons. The first kappa shape index (κ1) is 17.5. The summed E-state index contributed by atoms with van der Waals surface area (Å²) >= 11 is 8.30. The van der Waals surface area contributed by atoms with Crippen molar-refractivity contribution >= 4 is 51.5 Å². The van der Waals surface area contributed by atoms with Crippen molar-refractivity contribution in [2.45, 2.75) is 19.8 Å². The van der Waals surface area contributed by atoms with Crippen molar-refractivity contribution in [1.29, 1.82) is 0 Å². The second-order valence-electron chi connectivity index (χ2n) is 6.29. The van der Waals surface area contributed by atoms with Crippen LogP contribution in [0.25, 0.3) is 0 Å². The average molecular weight is 455 g/mol. The predicted molar refractivity (Wildman–Crippen MR) is 109 cm³/mol. The first-order chi connectivity index (χ1) is 11.5. The highest BCUT2D eigenvalue weighted by molar-refractivity contribution is 14.1. The molecule has 5 heteroatoms. The Morgan fingerprint density at radius 3 is 2.50 bits per heavy atom. The lowest BCUT2D eigenvalue weighted by Gasteiger charge is -2.32. The van der Waals surface area contributed by atoms with Crippen LogP contribution >= 0.6 is 34.2 Å². The van der Waals surface area contributed by atoms with Gasteiger partial charge in [-0.1, -0.05) is 18.5 Å². The molecule has 2 aromatic rings. The number of carbonyl (C=O) groups excluding carboxylic acids is 1. The molecule has 3 rings (SSSR count). The highest BCUT2D eigenvalue weighted by Crippen LogP contribution is 2.25. The number of nitrogens with one attached hydrogen (secondary N) is 1. The molecule has 0 aliphatic carbocycles. The van der Waals surface area contributed by atoms with Crippen molar-refractivity contribution in [1.82, 2.24) is 0 Å². The molecule has 3 nitrogen and oxygen atoms in total. The van der Waals surface area contributed by atoms with Gasteiger partial charge in [0.05, 0.1) is 10.6 Å². The van der Waals surface area contributed by atoms with Gasteiger partial charge in [0.15, 0.2) is 0 Å². The summed E-state index contributed by atoms with van der Waals surface area (Å²) in [4.78, 5) is 14.8. The fourth-order valence-electron chi connectivity index (χ4n) is 2.89. The minimum atomic E-state index is -0.182. The summed E-state index contributed by atoms with van der Waals surface area (Å²) in [6, 6.07) is 13.5. The van der Waals surface area contributed by atoms with E-state index in [1.54, 1.807) is 12.1 Å². The van der Waals surface area contributed by atoms with Crippen molar-refractivity contribution in [3.63, 3.8) is 0 Å². The lowest BCUT2D eigenvalue weighted by atomic mass is 9.99. The third-order valence-corrected chi connectivity index (χ3v) is 5.45. The van der Waals surface area contributed by atoms with Crippen LogP contribution < -0.4 is 10.2 Å². The van der Waals surface area contributed by atoms with E-state index in [-0.39, 0.29) is 5.91 Å². The van der Waals surface area contributed by atoms with Crippen LogP contribution in [-0.4, -0.2) is 19.0 Å². The van der Waals surface area contributed by atoms with Gasteiger partial charge in [-0.2, -0.15) is 0 Å². The molecule has 24 heavy (non-hydrogen) atoms. The van der Waals surface area contributed by atoms with Crippen molar-refractivity contribution in [2.24, 2.45) is 5.92 Å². The molecular weight excluding hydrogens is 435 g/mol. The Kier molecular flexibility index (Phi) is 5.66. The highest BCUT2D eigenvalue weighted by atomic mass is 127. The van der Waals surface area contributed by atoms with Crippen molar-refractivity contribution in [3.05, 3.63) is 56.6 Å². The Balaban J connectivity index is 1.68. The summed E-state index contributed by atoms with van der Waals surface area (Å²) in [5.41, 5.74) is 2.49. The number of rotatable bonds is 3. The number of hydrogen-bond acceptors (Lipinski definition) is 2. The van der Waals surface area contributed by atoms with E-state index in [0.29, 0.717) is 10.6 Å². The summed E-state index contributed by atoms with van der Waals surface area (Å²) in [5, 5.41) is 3.38. The summed E-state index contributed by atoms with van der Waals surface area (Å²) in [6.07, 6.45) is 2.48. The third kappa shape index (κ3) is 4.22. The summed E-state index contributed by atoms with van der Waals surface area (Å²) in [7, 11) is 0. The fourth-order valence-corrected chi connectivity index (χ4v) is 3.59. The van der Waals surface area contributed by atoms with Crippen LogP contribution in [0, 0.1) is 9.49 Å². The van der Waals surface area contributed by atoms with E-state index >= 15 is 0 Å². The topological polar surface area (TPSA) is 32.3 Å². The quantitative estimate of drug-likeness (QED) is 0.627. The number of halogens is 2. The van der Waals surface area contributed by atoms with Gasteiger partial charge in [0.25, 0.3) is 5.91 Å². The van der Waals surface area contributed by atoms with E-state index in [1.807, 2.05) is 18.2 Å². The number of carbonyl (C=O) groups is 1. The molecule has 0 aromatic heterocycles. The molecular formula is C19H20ClIN2O. The van der Waals surface area contributed by atoms with Gasteiger partial charge in [-0.3, -0.25) is 4.79 Å². The molecule has 1 N–H and O–H groups in total. The second kappa shape index (κ2) is 7.74. The van der Waals surface area contributed by atoms with Gasteiger partial charge >= 0.3 is 0 Å². The first-order valence-electron chi connectivity index (χ1n) is 8.14. The molecule has 1 amide bonds. The molecule has 1 fully saturated rings. The van der Waals surface area contributed by atoms with Gasteiger partial charge in [0.1, 0.15) is 0 Å². The van der Waals surface area contributed by atoms with Crippen molar-refractivity contribution in [3.8, 4) is 0 Å². The molecule has 0 unspecified atom stereocenters. The van der Waals surface area contributed by atoms with E-state index in [4.69, 9.17) is 11.6 Å². The minimum absolute atomic E-state index is 0.182. The van der Waals surface area contributed by atoms with Crippen LogP contribution in [-0.2, 0) is 0 Å². The number of nitrogens with zero attached hydrogens (tertiary/aromatic N) is 1. The molecule has 0 saturated carbocycles. The van der Waals surface area contributed by atoms with Crippen molar-refractivity contribution < 1.29 is 4.79 Å². The van der Waals surface area contributed by atoms with E-state index in [0.717, 1.165) is 28.3 Å². The van der Waals surface area contributed by atoms with Crippen LogP contribution in [0.5, 0.6) is 0 Å². The van der Waals surface area contributed by atoms with Gasteiger partial charge in [0.2, 0.25) is 0 Å². The molecule has 0 spiro atoms. The molecule has 1 heterocycles. The number of hydrogen-bond donors (Lipinski definition) is 1. The Morgan fingerprint density at radius 2 is 1.83 bits per heavy atom. The lowest BCUT2D eigenvalue weighted by molar-refractivity contribution is 0.102. The monoisotopic (exact) mass is 454 g/mol. The second-order valence-corrected chi connectivity index (χ2v) is 7.95. The molecule has 2 aromatic carbocycles. The highest BCUT2D eigenvalue weighted by Gasteiger charge is 2.16. The SMILES string of the molecule is CC1CCN(c2ccc(NC(=O)c3cc(I)ccc3Cl)cc2)CC1. The van der Waals surface area contributed by atoms with Crippen LogP contribution in [0.2, 0.25) is 5.02 Å². The number of piperidine rings is 1. The van der Waals surface area contributed by atoms with Gasteiger partial charge in [0, 0.05) is 28.0 Å². The van der Waals surface area contributed by atoms with Gasteiger partial charge < -0.3 is 10.2 Å². The maximum absolute atomic E-state index is 12.4. The lowest BCUT2D eigenvalue weighted by Crippen LogP contribution is -2.32. The molecule has 0 atom stereocenters. The van der Waals surface area contributed by atoms with Crippen molar-refractivity contribution in [2.75, 3.05) is 23.3 Å². The number of anilines is 2. The average Bonchev–Trinajstić information content (AvgIpc) is 2.58. The third-order valence-electron chi connectivity index (χ3n) is 4.45. The smallest absolute Gasteiger partial charge is 0.257 e. The zero-order chi connectivity index (χ0) is 17.1. The van der Waals surface area contributed by atoms with Crippen LogP contribution in [0.4, 0.5) is 11.4 Å². The molecule has 0 bridgehead atoms. The van der Waals surface area contributed by atoms with E-state index in [9.17, 15) is 4.79 Å². The number of amides is 1. The first-order valence-corrected chi connectivity index (χ1v) is 9.60. The molecule has 1 aliphatic heterocycles. The summed E-state index contributed by atoms with van der Waals surface area (Å²) < 4.78 is 0.983. The van der Waals surface area contributed by atoms with E-state index in [2.05, 4.69) is 51.9 Å². The van der Waals surface area contributed by atoms with Crippen LogP contribution in [0.1, 0.15) is 30.1 Å². The molecule has 0 radical (unpaired) electrons. The van der Waals surface area contributed by atoms with Gasteiger partial charge in [-0.15, -0.1) is 0 Å². The largest absolute Gasteiger partial charge is 0.372 e. The molecule has 1 aliphatic rings. The zero-order valence-electron chi connectivity index (χ0n) is 13.6. The van der Waals surface area contributed by atoms with Crippen LogP contribution in [0.3, 0.4) is 0 Å².